The fourth-order valence-electron chi connectivity index (χ4n) is 2.77. The zero-order chi connectivity index (χ0) is 16.8. The number of hydrogen-bond donors (Lipinski definition) is 1. The number of nitrogens with two attached hydrogens (primary N) is 1. The van der Waals surface area contributed by atoms with Crippen LogP contribution >= 0.6 is 0 Å². The number of carbonyl (C=O) groups is 1. The lowest BCUT2D eigenvalue weighted by Gasteiger charge is -2.32. The van der Waals surface area contributed by atoms with E-state index >= 15 is 0 Å². The molecule has 0 aliphatic carbocycles. The fourth-order valence-corrected chi connectivity index (χ4v) is 2.77. The van der Waals surface area contributed by atoms with E-state index in [0.717, 1.165) is 13.0 Å². The number of methoxy groups -OCH3 is 1. The first-order valence-electron chi connectivity index (χ1n) is 8.04. The lowest BCUT2D eigenvalue weighted by molar-refractivity contribution is 0.0527. The Morgan fingerprint density at radius 1 is 1.35 bits per heavy atom. The van der Waals surface area contributed by atoms with Crippen molar-refractivity contribution in [1.82, 2.24) is 4.90 Å². The van der Waals surface area contributed by atoms with Crippen molar-refractivity contribution >= 4 is 11.7 Å². The molecule has 1 saturated heterocycles. The zero-order valence-electron chi connectivity index (χ0n) is 14.1. The van der Waals surface area contributed by atoms with E-state index in [0.29, 0.717) is 42.0 Å². The maximum Gasteiger partial charge on any atom is 0.340 e. The highest BCUT2D eigenvalue weighted by Crippen LogP contribution is 2.33. The summed E-state index contributed by atoms with van der Waals surface area (Å²) in [5, 5.41) is 0. The second-order valence-electron chi connectivity index (χ2n) is 5.75. The van der Waals surface area contributed by atoms with E-state index < -0.39 is 5.97 Å². The number of esters is 1. The van der Waals surface area contributed by atoms with E-state index in [2.05, 4.69) is 11.9 Å². The largest absolute Gasteiger partial charge is 0.493 e. The summed E-state index contributed by atoms with van der Waals surface area (Å²) in [6, 6.07) is 3.60. The van der Waals surface area contributed by atoms with Gasteiger partial charge in [0.25, 0.3) is 0 Å². The molecule has 1 atom stereocenters. The van der Waals surface area contributed by atoms with Crippen LogP contribution in [0.3, 0.4) is 0 Å². The van der Waals surface area contributed by atoms with Crippen LogP contribution in [0.1, 0.15) is 36.5 Å². The van der Waals surface area contributed by atoms with Crippen LogP contribution in [0, 0.1) is 0 Å². The molecule has 0 radical (unpaired) electrons. The molecule has 0 bridgehead atoms. The molecule has 1 aliphatic heterocycles. The van der Waals surface area contributed by atoms with Crippen molar-refractivity contribution in [2.75, 3.05) is 39.6 Å². The van der Waals surface area contributed by atoms with E-state index in [9.17, 15) is 4.79 Å². The van der Waals surface area contributed by atoms with Gasteiger partial charge in [-0.1, -0.05) is 6.42 Å². The topological polar surface area (TPSA) is 74.0 Å². The van der Waals surface area contributed by atoms with Crippen molar-refractivity contribution in [2.45, 2.75) is 32.2 Å². The van der Waals surface area contributed by atoms with Gasteiger partial charge < -0.3 is 24.8 Å². The molecular formula is C17H26N2O4. The molecule has 6 heteroatoms. The van der Waals surface area contributed by atoms with E-state index in [1.807, 2.05) is 0 Å². The minimum Gasteiger partial charge on any atom is -0.493 e. The molecule has 1 aromatic rings. The molecule has 1 aromatic carbocycles. The van der Waals surface area contributed by atoms with Gasteiger partial charge in [0.1, 0.15) is 6.61 Å². The SMILES string of the molecule is CCOC(=O)c1cc(OC)c(OCC2CCCCN2C)cc1N. The molecule has 0 spiro atoms. The molecule has 0 amide bonds. The Morgan fingerprint density at radius 2 is 2.13 bits per heavy atom. The molecule has 128 valence electrons. The normalized spacial score (nSPS) is 18.5. The average molecular weight is 322 g/mol. The predicted octanol–water partition coefficient (Wildman–Crippen LogP) is 2.32. The number of nitrogens with zero attached hydrogens (tertiary/aromatic N) is 1. The first-order valence-corrected chi connectivity index (χ1v) is 8.04. The summed E-state index contributed by atoms with van der Waals surface area (Å²) in [5.41, 5.74) is 6.59. The van der Waals surface area contributed by atoms with Crippen molar-refractivity contribution in [3.8, 4) is 11.5 Å². The highest BCUT2D eigenvalue weighted by molar-refractivity contribution is 5.96. The van der Waals surface area contributed by atoms with Gasteiger partial charge in [-0.15, -0.1) is 0 Å². The number of rotatable bonds is 6. The molecule has 2 N–H and O–H groups in total. The van der Waals surface area contributed by atoms with Gasteiger partial charge in [-0.25, -0.2) is 4.79 Å². The van der Waals surface area contributed by atoms with Crippen LogP contribution in [0.5, 0.6) is 11.5 Å². The summed E-state index contributed by atoms with van der Waals surface area (Å²) in [6.45, 7) is 3.72. The molecule has 23 heavy (non-hydrogen) atoms. The molecule has 0 saturated carbocycles. The molecule has 1 aliphatic rings. The van der Waals surface area contributed by atoms with Gasteiger partial charge in [0.05, 0.1) is 25.0 Å². The molecule has 1 heterocycles. The van der Waals surface area contributed by atoms with Crippen LogP contribution in [0.4, 0.5) is 5.69 Å². The number of nitrogen functional groups attached to an aromatic ring is 1. The van der Waals surface area contributed by atoms with Gasteiger partial charge in [-0.3, -0.25) is 0 Å². The second-order valence-corrected chi connectivity index (χ2v) is 5.75. The first kappa shape index (κ1) is 17.4. The van der Waals surface area contributed by atoms with Crippen LogP contribution < -0.4 is 15.2 Å². The zero-order valence-corrected chi connectivity index (χ0v) is 14.1. The molecule has 6 nitrogen and oxygen atoms in total. The number of ether oxygens (including phenoxy) is 3. The van der Waals surface area contributed by atoms with Crippen molar-refractivity contribution < 1.29 is 19.0 Å². The number of carbonyl (C=O) groups excluding carboxylic acids is 1. The highest BCUT2D eigenvalue weighted by atomic mass is 16.5. The standard InChI is InChI=1S/C17H26N2O4/c1-4-22-17(20)13-9-15(21-3)16(10-14(13)18)23-11-12-7-5-6-8-19(12)2/h9-10,12H,4-8,11,18H2,1-3H3. The summed E-state index contributed by atoms with van der Waals surface area (Å²) in [7, 11) is 3.66. The van der Waals surface area contributed by atoms with Crippen molar-refractivity contribution in [3.05, 3.63) is 17.7 Å². The maximum absolute atomic E-state index is 11.9. The third kappa shape index (κ3) is 4.28. The molecule has 1 unspecified atom stereocenters. The van der Waals surface area contributed by atoms with E-state index in [1.165, 1.54) is 12.8 Å². The van der Waals surface area contributed by atoms with Crippen LogP contribution in [-0.2, 0) is 4.74 Å². The molecular weight excluding hydrogens is 296 g/mol. The lowest BCUT2D eigenvalue weighted by atomic mass is 10.0. The summed E-state index contributed by atoms with van der Waals surface area (Å²) >= 11 is 0. The second kappa shape index (κ2) is 8.06. The van der Waals surface area contributed by atoms with E-state index in [1.54, 1.807) is 26.2 Å². The Morgan fingerprint density at radius 3 is 2.78 bits per heavy atom. The molecule has 2 rings (SSSR count). The minimum atomic E-state index is -0.457. The number of likely N-dealkylation sites (tertiary alicyclic amines) is 1. The average Bonchev–Trinajstić information content (AvgIpc) is 2.54. The summed E-state index contributed by atoms with van der Waals surface area (Å²) in [5.74, 6) is 0.583. The number of anilines is 1. The fraction of sp³-hybridized carbons (Fsp3) is 0.588. The predicted molar refractivity (Wildman–Crippen MR) is 89.1 cm³/mol. The van der Waals surface area contributed by atoms with Gasteiger partial charge in [0, 0.05) is 18.2 Å². The Bertz CT molecular complexity index is 548. The van der Waals surface area contributed by atoms with Crippen LogP contribution in [0.25, 0.3) is 0 Å². The van der Waals surface area contributed by atoms with Gasteiger partial charge >= 0.3 is 5.97 Å². The monoisotopic (exact) mass is 322 g/mol. The Hall–Kier alpha value is -1.95. The summed E-state index contributed by atoms with van der Waals surface area (Å²) < 4.78 is 16.2. The number of hydrogen-bond acceptors (Lipinski definition) is 6. The van der Waals surface area contributed by atoms with Gasteiger partial charge in [0.15, 0.2) is 11.5 Å². The summed E-state index contributed by atoms with van der Waals surface area (Å²) in [4.78, 5) is 14.2. The minimum absolute atomic E-state index is 0.297. The van der Waals surface area contributed by atoms with Crippen LogP contribution in [-0.4, -0.2) is 50.8 Å². The first-order chi connectivity index (χ1) is 11.1. The quantitative estimate of drug-likeness (QED) is 0.640. The number of likely N-dealkylation sites (N-methyl/N-ethyl adjacent to an activating group) is 1. The van der Waals surface area contributed by atoms with Crippen molar-refractivity contribution in [2.24, 2.45) is 0 Å². The Labute approximate surface area is 137 Å². The molecule has 1 fully saturated rings. The Balaban J connectivity index is 2.12. The number of piperidine rings is 1. The van der Waals surface area contributed by atoms with E-state index in [-0.39, 0.29) is 0 Å². The maximum atomic E-state index is 11.9. The van der Waals surface area contributed by atoms with Crippen molar-refractivity contribution in [3.63, 3.8) is 0 Å². The van der Waals surface area contributed by atoms with Crippen LogP contribution in [0.2, 0.25) is 0 Å². The van der Waals surface area contributed by atoms with Gasteiger partial charge in [0.2, 0.25) is 0 Å². The van der Waals surface area contributed by atoms with Gasteiger partial charge in [-0.2, -0.15) is 0 Å². The third-order valence-electron chi connectivity index (χ3n) is 4.18. The number of benzene rings is 1. The summed E-state index contributed by atoms with van der Waals surface area (Å²) in [6.07, 6.45) is 3.58. The van der Waals surface area contributed by atoms with Crippen LogP contribution in [0.15, 0.2) is 12.1 Å². The Kier molecular flexibility index (Phi) is 6.10. The van der Waals surface area contributed by atoms with Crippen molar-refractivity contribution in [1.29, 1.82) is 0 Å². The third-order valence-corrected chi connectivity index (χ3v) is 4.18. The van der Waals surface area contributed by atoms with E-state index in [4.69, 9.17) is 19.9 Å². The smallest absolute Gasteiger partial charge is 0.340 e. The lowest BCUT2D eigenvalue weighted by Crippen LogP contribution is -2.40. The molecule has 0 aromatic heterocycles. The van der Waals surface area contributed by atoms with Gasteiger partial charge in [-0.05, 0) is 33.4 Å². The highest BCUT2D eigenvalue weighted by Gasteiger charge is 2.21.